The van der Waals surface area contributed by atoms with Gasteiger partial charge in [-0.3, -0.25) is 4.79 Å². The van der Waals surface area contributed by atoms with Gasteiger partial charge >= 0.3 is 0 Å². The summed E-state index contributed by atoms with van der Waals surface area (Å²) in [6, 6.07) is 0. The first-order chi connectivity index (χ1) is 4.98. The summed E-state index contributed by atoms with van der Waals surface area (Å²) in [5.74, 6) is -0.424. The number of nitrogens with two attached hydrogens (primary N) is 1. The molecule has 1 unspecified atom stereocenters. The predicted octanol–water partition coefficient (Wildman–Crippen LogP) is 1.000. The van der Waals surface area contributed by atoms with Crippen LogP contribution in [0, 0.1) is 11.3 Å². The Hall–Kier alpha value is -0.600. The second-order valence-electron chi connectivity index (χ2n) is 4.17. The number of halogens is 1. The van der Waals surface area contributed by atoms with E-state index in [1.54, 1.807) is 6.92 Å². The lowest BCUT2D eigenvalue weighted by molar-refractivity contribution is -0.235. The fourth-order valence-electron chi connectivity index (χ4n) is 2.50. The first kappa shape index (κ1) is 7.07. The van der Waals surface area contributed by atoms with Crippen LogP contribution in [-0.4, -0.2) is 11.6 Å². The molecule has 3 rings (SSSR count). The fraction of sp³-hybridized carbons (Fsp3) is 0.875. The second kappa shape index (κ2) is 1.59. The maximum atomic E-state index is 13.0. The van der Waals surface area contributed by atoms with Gasteiger partial charge in [0.25, 0.3) is 0 Å². The van der Waals surface area contributed by atoms with Gasteiger partial charge in [-0.1, -0.05) is 6.92 Å². The molecule has 62 valence electrons. The van der Waals surface area contributed by atoms with Gasteiger partial charge in [0.15, 0.2) is 0 Å². The van der Waals surface area contributed by atoms with Gasteiger partial charge in [0.2, 0.25) is 5.91 Å². The number of hydrogen-bond acceptors (Lipinski definition) is 1. The van der Waals surface area contributed by atoms with E-state index < -0.39 is 5.67 Å². The standard InChI is InChI=1S/C8H12FNO/c1-5(6(10)11)7-2-8(9,3-7)4-7/h5H,2-4H2,1H3,(H2,10,11). The van der Waals surface area contributed by atoms with Crippen LogP contribution < -0.4 is 5.73 Å². The lowest BCUT2D eigenvalue weighted by atomic mass is 9.38. The number of carbonyl (C=O) groups excluding carboxylic acids is 1. The molecule has 3 aliphatic carbocycles. The highest BCUT2D eigenvalue weighted by molar-refractivity contribution is 5.78. The highest BCUT2D eigenvalue weighted by Gasteiger charge is 2.71. The summed E-state index contributed by atoms with van der Waals surface area (Å²) in [6.07, 6.45) is 1.68. The number of rotatable bonds is 2. The van der Waals surface area contributed by atoms with E-state index in [0.717, 1.165) is 0 Å². The monoisotopic (exact) mass is 157 g/mol. The molecule has 0 aromatic heterocycles. The van der Waals surface area contributed by atoms with Crippen LogP contribution in [0.15, 0.2) is 0 Å². The quantitative estimate of drug-likeness (QED) is 0.638. The Morgan fingerprint density at radius 3 is 2.27 bits per heavy atom. The molecule has 0 heterocycles. The molecule has 3 fully saturated rings. The van der Waals surface area contributed by atoms with Crippen LogP contribution in [0.25, 0.3) is 0 Å². The van der Waals surface area contributed by atoms with Gasteiger partial charge in [0.05, 0.1) is 0 Å². The Labute approximate surface area is 64.9 Å². The molecule has 0 aromatic rings. The lowest BCUT2D eigenvalue weighted by Gasteiger charge is -2.67. The van der Waals surface area contributed by atoms with Gasteiger partial charge in [-0.05, 0) is 24.7 Å². The summed E-state index contributed by atoms with van der Waals surface area (Å²) in [5, 5.41) is 0. The number of amides is 1. The van der Waals surface area contributed by atoms with Crippen LogP contribution in [0.3, 0.4) is 0 Å². The average molecular weight is 157 g/mol. The van der Waals surface area contributed by atoms with Crippen molar-refractivity contribution in [3.63, 3.8) is 0 Å². The van der Waals surface area contributed by atoms with Crippen LogP contribution in [0.4, 0.5) is 4.39 Å². The highest BCUT2D eigenvalue weighted by atomic mass is 19.1. The van der Waals surface area contributed by atoms with Crippen LogP contribution in [0.5, 0.6) is 0 Å². The maximum Gasteiger partial charge on any atom is 0.220 e. The lowest BCUT2D eigenvalue weighted by Crippen LogP contribution is -2.68. The predicted molar refractivity (Wildman–Crippen MR) is 38.5 cm³/mol. The van der Waals surface area contributed by atoms with Crippen molar-refractivity contribution >= 4 is 5.91 Å². The average Bonchev–Trinajstić information content (AvgIpc) is 1.77. The molecule has 0 radical (unpaired) electrons. The van der Waals surface area contributed by atoms with E-state index in [4.69, 9.17) is 5.73 Å². The summed E-state index contributed by atoms with van der Waals surface area (Å²) >= 11 is 0. The molecule has 0 aliphatic heterocycles. The van der Waals surface area contributed by atoms with E-state index in [1.165, 1.54) is 0 Å². The van der Waals surface area contributed by atoms with Crippen LogP contribution in [0.2, 0.25) is 0 Å². The van der Waals surface area contributed by atoms with E-state index in [9.17, 15) is 9.18 Å². The van der Waals surface area contributed by atoms with E-state index in [0.29, 0.717) is 19.3 Å². The molecule has 0 spiro atoms. The molecule has 2 nitrogen and oxygen atoms in total. The molecule has 1 amide bonds. The Balaban J connectivity index is 2.04. The number of primary amides is 1. The zero-order chi connectivity index (χ0) is 8.28. The fourth-order valence-corrected chi connectivity index (χ4v) is 2.50. The molecule has 3 heteroatoms. The number of alkyl halides is 1. The van der Waals surface area contributed by atoms with Crippen molar-refractivity contribution in [3.8, 4) is 0 Å². The van der Waals surface area contributed by atoms with Crippen LogP contribution in [-0.2, 0) is 4.79 Å². The third-order valence-corrected chi connectivity index (χ3v) is 3.35. The number of carbonyl (C=O) groups is 1. The Morgan fingerprint density at radius 1 is 1.55 bits per heavy atom. The molecule has 1 atom stereocenters. The minimum Gasteiger partial charge on any atom is -0.369 e. The largest absolute Gasteiger partial charge is 0.369 e. The third-order valence-electron chi connectivity index (χ3n) is 3.35. The smallest absolute Gasteiger partial charge is 0.220 e. The van der Waals surface area contributed by atoms with E-state index in [1.807, 2.05) is 0 Å². The molecule has 0 aromatic carbocycles. The minimum atomic E-state index is -0.913. The number of hydrogen-bond donors (Lipinski definition) is 1. The summed E-state index contributed by atoms with van der Waals surface area (Å²) in [7, 11) is 0. The van der Waals surface area contributed by atoms with Crippen molar-refractivity contribution < 1.29 is 9.18 Å². The van der Waals surface area contributed by atoms with E-state index in [2.05, 4.69) is 0 Å². The highest BCUT2D eigenvalue weighted by Crippen LogP contribution is 2.72. The summed E-state index contributed by atoms with van der Waals surface area (Å²) in [6.45, 7) is 1.81. The van der Waals surface area contributed by atoms with Crippen molar-refractivity contribution in [2.75, 3.05) is 0 Å². The van der Waals surface area contributed by atoms with Crippen LogP contribution in [0.1, 0.15) is 26.2 Å². The Morgan fingerprint density at radius 2 is 2.00 bits per heavy atom. The molecular formula is C8H12FNO. The maximum absolute atomic E-state index is 13.0. The summed E-state index contributed by atoms with van der Waals surface area (Å²) < 4.78 is 13.0. The van der Waals surface area contributed by atoms with Gasteiger partial charge in [0, 0.05) is 5.92 Å². The summed E-state index contributed by atoms with van der Waals surface area (Å²) in [4.78, 5) is 10.8. The van der Waals surface area contributed by atoms with E-state index >= 15 is 0 Å². The molecule has 2 bridgehead atoms. The zero-order valence-electron chi connectivity index (χ0n) is 6.56. The van der Waals surface area contributed by atoms with Gasteiger partial charge in [0.1, 0.15) is 5.67 Å². The van der Waals surface area contributed by atoms with Crippen molar-refractivity contribution in [1.29, 1.82) is 0 Å². The van der Waals surface area contributed by atoms with Crippen molar-refractivity contribution in [1.82, 2.24) is 0 Å². The second-order valence-corrected chi connectivity index (χ2v) is 4.17. The zero-order valence-corrected chi connectivity index (χ0v) is 6.56. The van der Waals surface area contributed by atoms with Gasteiger partial charge in [-0.2, -0.15) is 0 Å². The van der Waals surface area contributed by atoms with Crippen molar-refractivity contribution in [2.24, 2.45) is 17.1 Å². The first-order valence-electron chi connectivity index (χ1n) is 3.96. The molecule has 3 aliphatic rings. The van der Waals surface area contributed by atoms with Gasteiger partial charge in [-0.25, -0.2) is 4.39 Å². The van der Waals surface area contributed by atoms with E-state index in [-0.39, 0.29) is 17.2 Å². The normalized spacial score (nSPS) is 48.9. The molecular weight excluding hydrogens is 145 g/mol. The van der Waals surface area contributed by atoms with Crippen molar-refractivity contribution in [3.05, 3.63) is 0 Å². The van der Waals surface area contributed by atoms with Crippen LogP contribution >= 0.6 is 0 Å². The third kappa shape index (κ3) is 0.686. The van der Waals surface area contributed by atoms with Gasteiger partial charge in [-0.15, -0.1) is 0 Å². The Kier molecular flexibility index (Phi) is 1.02. The minimum absolute atomic E-state index is 0.0411. The molecule has 11 heavy (non-hydrogen) atoms. The SMILES string of the molecule is CC(C(N)=O)C12CC(F)(C1)C2. The molecule has 2 N–H and O–H groups in total. The molecule has 0 saturated heterocycles. The Bertz CT molecular complexity index is 206. The summed E-state index contributed by atoms with van der Waals surface area (Å²) in [5.41, 5.74) is 4.18. The molecule has 3 saturated carbocycles. The van der Waals surface area contributed by atoms with Crippen molar-refractivity contribution in [2.45, 2.75) is 31.9 Å². The van der Waals surface area contributed by atoms with Gasteiger partial charge < -0.3 is 5.73 Å². The topological polar surface area (TPSA) is 43.1 Å². The first-order valence-corrected chi connectivity index (χ1v) is 3.96.